The smallest absolute Gasteiger partial charge is 0.415 e. The number of aryl methyl sites for hydroxylation is 1. The molecule has 4 aromatic rings. The van der Waals surface area contributed by atoms with Crippen molar-refractivity contribution in [2.24, 2.45) is 7.05 Å². The molecular weight excluding hydrogens is 441 g/mol. The van der Waals surface area contributed by atoms with Crippen molar-refractivity contribution in [1.82, 2.24) is 24.6 Å². The van der Waals surface area contributed by atoms with Gasteiger partial charge in [-0.1, -0.05) is 12.1 Å². The number of fused-ring (bicyclic) bond motifs is 1. The number of benzene rings is 2. The molecule has 0 radical (unpaired) electrons. The Morgan fingerprint density at radius 2 is 1.85 bits per heavy atom. The average molecular weight is 463 g/mol. The number of methoxy groups -OCH3 is 1. The molecule has 0 bridgehead atoms. The van der Waals surface area contributed by atoms with E-state index in [-0.39, 0.29) is 11.6 Å². The van der Waals surface area contributed by atoms with Crippen LogP contribution in [-0.4, -0.2) is 64.2 Å². The lowest BCUT2D eigenvalue weighted by Crippen LogP contribution is -2.42. The summed E-state index contributed by atoms with van der Waals surface area (Å²) in [6, 6.07) is 9.79. The molecule has 0 atom stereocenters. The lowest BCUT2D eigenvalue weighted by Gasteiger charge is -2.26. The lowest BCUT2D eigenvalue weighted by atomic mass is 10.0. The van der Waals surface area contributed by atoms with Gasteiger partial charge in [-0.15, -0.1) is 0 Å². The number of nitrogens with zero attached hydrogens (tertiary/aromatic N) is 5. The van der Waals surface area contributed by atoms with E-state index in [1.807, 2.05) is 0 Å². The van der Waals surface area contributed by atoms with E-state index in [4.69, 9.17) is 14.2 Å². The SMILES string of the molecule is COc1cc2ncnc(-c3cn(C)nc3-c3ccccc3F)c2cc1OC(=O)N1CCOCC1. The van der Waals surface area contributed by atoms with Gasteiger partial charge in [0.05, 0.1) is 31.5 Å². The molecule has 0 saturated carbocycles. The van der Waals surface area contributed by atoms with Gasteiger partial charge in [-0.3, -0.25) is 4.68 Å². The van der Waals surface area contributed by atoms with Crippen LogP contribution in [0.1, 0.15) is 0 Å². The fourth-order valence-corrected chi connectivity index (χ4v) is 3.94. The molecule has 2 aromatic carbocycles. The molecule has 174 valence electrons. The fraction of sp³-hybridized carbons (Fsp3) is 0.250. The van der Waals surface area contributed by atoms with Crippen LogP contribution < -0.4 is 9.47 Å². The summed E-state index contributed by atoms with van der Waals surface area (Å²) in [4.78, 5) is 23.1. The first-order valence-electron chi connectivity index (χ1n) is 10.7. The second kappa shape index (κ2) is 9.06. The van der Waals surface area contributed by atoms with E-state index in [2.05, 4.69) is 15.1 Å². The number of aromatic nitrogens is 4. The zero-order chi connectivity index (χ0) is 23.7. The third-order valence-corrected chi connectivity index (χ3v) is 5.60. The second-order valence-electron chi connectivity index (χ2n) is 7.75. The summed E-state index contributed by atoms with van der Waals surface area (Å²) < 4.78 is 32.7. The summed E-state index contributed by atoms with van der Waals surface area (Å²) in [6.45, 7) is 1.82. The van der Waals surface area contributed by atoms with Gasteiger partial charge in [-0.2, -0.15) is 5.10 Å². The van der Waals surface area contributed by atoms with Crippen LogP contribution in [0.2, 0.25) is 0 Å². The first kappa shape index (κ1) is 21.8. The standard InChI is InChI=1S/C24H22FN5O4/c1-29-13-17(23(28-29)15-5-3-4-6-18(15)25)22-16-11-21(20(32-2)12-19(16)26-14-27-22)34-24(31)30-7-9-33-10-8-30/h3-6,11-14H,7-10H2,1-2H3. The first-order valence-corrected chi connectivity index (χ1v) is 10.7. The largest absolute Gasteiger partial charge is 0.493 e. The number of carbonyl (C=O) groups excluding carboxylic acids is 1. The second-order valence-corrected chi connectivity index (χ2v) is 7.75. The Kier molecular flexibility index (Phi) is 5.81. The van der Waals surface area contributed by atoms with Crippen LogP contribution in [0, 0.1) is 5.82 Å². The number of hydrogen-bond donors (Lipinski definition) is 0. The van der Waals surface area contributed by atoms with Crippen LogP contribution in [0.4, 0.5) is 9.18 Å². The maximum Gasteiger partial charge on any atom is 0.415 e. The molecule has 34 heavy (non-hydrogen) atoms. The molecule has 1 saturated heterocycles. The molecular formula is C24H22FN5O4. The highest BCUT2D eigenvalue weighted by Crippen LogP contribution is 2.38. The number of amides is 1. The normalized spacial score (nSPS) is 13.8. The minimum absolute atomic E-state index is 0.235. The van der Waals surface area contributed by atoms with Crippen molar-refractivity contribution in [2.45, 2.75) is 0 Å². The molecule has 1 aliphatic rings. The van der Waals surface area contributed by atoms with Gasteiger partial charge in [-0.05, 0) is 18.2 Å². The van der Waals surface area contributed by atoms with Crippen molar-refractivity contribution in [3.63, 3.8) is 0 Å². The van der Waals surface area contributed by atoms with Gasteiger partial charge >= 0.3 is 6.09 Å². The summed E-state index contributed by atoms with van der Waals surface area (Å²) in [7, 11) is 3.25. The maximum atomic E-state index is 14.6. The van der Waals surface area contributed by atoms with Crippen molar-refractivity contribution in [3.8, 4) is 34.0 Å². The van der Waals surface area contributed by atoms with Gasteiger partial charge in [0.1, 0.15) is 17.8 Å². The monoisotopic (exact) mass is 463 g/mol. The Labute approximate surface area is 194 Å². The lowest BCUT2D eigenvalue weighted by molar-refractivity contribution is 0.0413. The van der Waals surface area contributed by atoms with Gasteiger partial charge in [0.15, 0.2) is 11.5 Å². The zero-order valence-corrected chi connectivity index (χ0v) is 18.7. The third-order valence-electron chi connectivity index (χ3n) is 5.60. The minimum Gasteiger partial charge on any atom is -0.493 e. The van der Waals surface area contributed by atoms with Crippen LogP contribution in [0.25, 0.3) is 33.4 Å². The van der Waals surface area contributed by atoms with E-state index < -0.39 is 6.09 Å². The van der Waals surface area contributed by atoms with E-state index in [0.717, 1.165) is 0 Å². The first-order chi connectivity index (χ1) is 16.5. The van der Waals surface area contributed by atoms with Crippen molar-refractivity contribution in [3.05, 3.63) is 54.7 Å². The molecule has 3 heterocycles. The Balaban J connectivity index is 1.62. The van der Waals surface area contributed by atoms with E-state index in [0.29, 0.717) is 65.5 Å². The Hall–Kier alpha value is -4.05. The molecule has 10 heteroatoms. The summed E-state index contributed by atoms with van der Waals surface area (Å²) >= 11 is 0. The Morgan fingerprint density at radius 1 is 1.06 bits per heavy atom. The molecule has 0 N–H and O–H groups in total. The fourth-order valence-electron chi connectivity index (χ4n) is 3.94. The molecule has 1 aliphatic heterocycles. The van der Waals surface area contributed by atoms with E-state index in [1.165, 1.54) is 19.5 Å². The van der Waals surface area contributed by atoms with Crippen LogP contribution in [0.15, 0.2) is 48.9 Å². The highest BCUT2D eigenvalue weighted by atomic mass is 19.1. The topological polar surface area (TPSA) is 91.6 Å². The Morgan fingerprint density at radius 3 is 2.62 bits per heavy atom. The van der Waals surface area contributed by atoms with Gasteiger partial charge in [-0.25, -0.2) is 19.2 Å². The number of hydrogen-bond acceptors (Lipinski definition) is 7. The quantitative estimate of drug-likeness (QED) is 0.456. The zero-order valence-electron chi connectivity index (χ0n) is 18.7. The molecule has 0 aliphatic carbocycles. The van der Waals surface area contributed by atoms with Gasteiger partial charge in [0.25, 0.3) is 0 Å². The molecule has 1 amide bonds. The predicted octanol–water partition coefficient (Wildman–Crippen LogP) is 3.68. The summed E-state index contributed by atoms with van der Waals surface area (Å²) in [5.74, 6) is 0.209. The van der Waals surface area contributed by atoms with E-state index in [9.17, 15) is 9.18 Å². The molecule has 5 rings (SSSR count). The third kappa shape index (κ3) is 4.03. The minimum atomic E-state index is -0.493. The molecule has 0 spiro atoms. The summed E-state index contributed by atoms with van der Waals surface area (Å²) in [5.41, 5.74) is 2.54. The van der Waals surface area contributed by atoms with Crippen molar-refractivity contribution in [2.75, 3.05) is 33.4 Å². The number of halogens is 1. The van der Waals surface area contributed by atoms with Gasteiger partial charge in [0.2, 0.25) is 0 Å². The highest BCUT2D eigenvalue weighted by molar-refractivity contribution is 5.97. The molecule has 2 aromatic heterocycles. The number of morpholine rings is 1. The van der Waals surface area contributed by atoms with Crippen LogP contribution in [0.3, 0.4) is 0 Å². The van der Waals surface area contributed by atoms with Crippen LogP contribution in [-0.2, 0) is 11.8 Å². The number of carbonyl (C=O) groups is 1. The highest BCUT2D eigenvalue weighted by Gasteiger charge is 2.23. The predicted molar refractivity (Wildman–Crippen MR) is 122 cm³/mol. The van der Waals surface area contributed by atoms with E-state index >= 15 is 0 Å². The Bertz CT molecular complexity index is 1370. The number of ether oxygens (including phenoxy) is 3. The molecule has 1 fully saturated rings. The van der Waals surface area contributed by atoms with Gasteiger partial charge in [0, 0.05) is 48.9 Å². The number of rotatable bonds is 4. The van der Waals surface area contributed by atoms with E-state index in [1.54, 1.807) is 53.2 Å². The average Bonchev–Trinajstić information content (AvgIpc) is 3.25. The van der Waals surface area contributed by atoms with Crippen molar-refractivity contribution < 1.29 is 23.4 Å². The molecule has 9 nitrogen and oxygen atoms in total. The van der Waals surface area contributed by atoms with Crippen LogP contribution >= 0.6 is 0 Å². The van der Waals surface area contributed by atoms with Crippen molar-refractivity contribution in [1.29, 1.82) is 0 Å². The van der Waals surface area contributed by atoms with Gasteiger partial charge < -0.3 is 19.1 Å². The summed E-state index contributed by atoms with van der Waals surface area (Å²) in [5, 5.41) is 5.09. The molecule has 0 unspecified atom stereocenters. The summed E-state index contributed by atoms with van der Waals surface area (Å²) in [6.07, 6.45) is 2.70. The van der Waals surface area contributed by atoms with Crippen molar-refractivity contribution >= 4 is 17.0 Å². The van der Waals surface area contributed by atoms with Crippen LogP contribution in [0.5, 0.6) is 11.5 Å². The maximum absolute atomic E-state index is 14.6.